The molecule has 0 amide bonds. The highest BCUT2D eigenvalue weighted by atomic mass is 16.3. The van der Waals surface area contributed by atoms with Crippen molar-refractivity contribution in [3.05, 3.63) is 53.9 Å². The van der Waals surface area contributed by atoms with Crippen molar-refractivity contribution in [2.24, 2.45) is 4.99 Å². The fourth-order valence-electron chi connectivity index (χ4n) is 2.30. The molecular weight excluding hydrogens is 248 g/mol. The Kier molecular flexibility index (Phi) is 3.52. The second-order valence-electron chi connectivity index (χ2n) is 5.13. The van der Waals surface area contributed by atoms with Crippen molar-refractivity contribution in [1.29, 1.82) is 0 Å². The quantitative estimate of drug-likeness (QED) is 0.682. The highest BCUT2D eigenvalue weighted by Crippen LogP contribution is 2.17. The molecule has 3 heteroatoms. The van der Waals surface area contributed by atoms with Crippen molar-refractivity contribution >= 4 is 21.9 Å². The summed E-state index contributed by atoms with van der Waals surface area (Å²) in [5.74, 6) is 0. The third-order valence-corrected chi connectivity index (χ3v) is 3.32. The minimum atomic E-state index is 0.783. The lowest BCUT2D eigenvalue weighted by molar-refractivity contribution is 0.419. The van der Waals surface area contributed by atoms with Crippen LogP contribution in [0.4, 0.5) is 0 Å². The predicted molar refractivity (Wildman–Crippen MR) is 82.7 cm³/mol. The Morgan fingerprint density at radius 2 is 1.45 bits per heavy atom. The summed E-state index contributed by atoms with van der Waals surface area (Å²) >= 11 is 0. The second kappa shape index (κ2) is 5.47. The summed E-state index contributed by atoms with van der Waals surface area (Å²) in [5, 5.41) is 3.18. The molecule has 1 heterocycles. The molecule has 0 atom stereocenters. The third kappa shape index (κ3) is 2.45. The van der Waals surface area contributed by atoms with Gasteiger partial charge in [0.15, 0.2) is 0 Å². The van der Waals surface area contributed by atoms with E-state index >= 15 is 0 Å². The van der Waals surface area contributed by atoms with Crippen molar-refractivity contribution in [2.75, 3.05) is 27.2 Å². The minimum absolute atomic E-state index is 0.783. The molecule has 0 saturated heterocycles. The summed E-state index contributed by atoms with van der Waals surface area (Å²) in [6.45, 7) is 1.72. The van der Waals surface area contributed by atoms with Crippen LogP contribution in [-0.2, 0) is 0 Å². The van der Waals surface area contributed by atoms with Gasteiger partial charge in [-0.2, -0.15) is 0 Å². The van der Waals surface area contributed by atoms with Gasteiger partial charge in [0.05, 0.1) is 11.9 Å². The summed E-state index contributed by atoms with van der Waals surface area (Å²) in [5.41, 5.74) is 1.77. The van der Waals surface area contributed by atoms with E-state index in [4.69, 9.17) is 9.41 Å². The molecule has 3 aromatic rings. The smallest absolute Gasteiger partial charge is 0.136 e. The molecule has 0 unspecified atom stereocenters. The first-order valence-corrected chi connectivity index (χ1v) is 6.81. The maximum atomic E-state index is 5.94. The second-order valence-corrected chi connectivity index (χ2v) is 5.13. The highest BCUT2D eigenvalue weighted by Gasteiger charge is 2.04. The van der Waals surface area contributed by atoms with E-state index in [-0.39, 0.29) is 0 Å². The zero-order valence-electron chi connectivity index (χ0n) is 11.8. The lowest BCUT2D eigenvalue weighted by Crippen LogP contribution is -2.17. The zero-order chi connectivity index (χ0) is 13.9. The van der Waals surface area contributed by atoms with Gasteiger partial charge in [0, 0.05) is 17.3 Å². The van der Waals surface area contributed by atoms with E-state index in [1.165, 1.54) is 0 Å². The van der Waals surface area contributed by atoms with Crippen LogP contribution < -0.4 is 5.36 Å². The van der Waals surface area contributed by atoms with Crippen molar-refractivity contribution in [3.8, 4) is 0 Å². The van der Waals surface area contributed by atoms with Gasteiger partial charge in [0.2, 0.25) is 0 Å². The fraction of sp³-hybridized carbons (Fsp3) is 0.235. The molecule has 0 N–H and O–H groups in total. The van der Waals surface area contributed by atoms with Crippen molar-refractivity contribution in [3.63, 3.8) is 0 Å². The van der Waals surface area contributed by atoms with E-state index in [2.05, 4.69) is 31.1 Å². The van der Waals surface area contributed by atoms with Gasteiger partial charge >= 0.3 is 0 Å². The standard InChI is InChI=1S/C17H18N2O/c1-19(2)12-11-18-17-13-7-3-5-9-15(13)20-16-10-6-4-8-14(16)17/h3-10H,11-12H2,1-2H3. The Balaban J connectivity index is 2.28. The molecule has 2 aromatic carbocycles. The Hall–Kier alpha value is -2.13. The normalized spacial score (nSPS) is 11.3. The topological polar surface area (TPSA) is 28.7 Å². The molecule has 0 radical (unpaired) electrons. The number of hydrogen-bond acceptors (Lipinski definition) is 3. The van der Waals surface area contributed by atoms with Crippen LogP contribution in [-0.4, -0.2) is 32.1 Å². The molecule has 0 spiro atoms. The van der Waals surface area contributed by atoms with E-state index in [9.17, 15) is 0 Å². The Labute approximate surface area is 118 Å². The number of hydrogen-bond donors (Lipinski definition) is 0. The van der Waals surface area contributed by atoms with Crippen LogP contribution in [0.5, 0.6) is 0 Å². The summed E-state index contributed by atoms with van der Waals surface area (Å²) in [6, 6.07) is 16.2. The summed E-state index contributed by atoms with van der Waals surface area (Å²) in [7, 11) is 4.12. The first-order valence-electron chi connectivity index (χ1n) is 6.81. The highest BCUT2D eigenvalue weighted by molar-refractivity contribution is 5.89. The van der Waals surface area contributed by atoms with E-state index < -0.39 is 0 Å². The molecular formula is C17H18N2O. The van der Waals surface area contributed by atoms with Crippen LogP contribution >= 0.6 is 0 Å². The summed E-state index contributed by atoms with van der Waals surface area (Å²) in [4.78, 5) is 6.94. The molecule has 3 nitrogen and oxygen atoms in total. The number of benzene rings is 2. The summed E-state index contributed by atoms with van der Waals surface area (Å²) < 4.78 is 5.94. The van der Waals surface area contributed by atoms with Crippen LogP contribution in [0, 0.1) is 0 Å². The van der Waals surface area contributed by atoms with Crippen molar-refractivity contribution in [1.82, 2.24) is 4.90 Å². The molecule has 20 heavy (non-hydrogen) atoms. The van der Waals surface area contributed by atoms with Crippen LogP contribution in [0.15, 0.2) is 57.9 Å². The van der Waals surface area contributed by atoms with Gasteiger partial charge in [-0.05, 0) is 38.4 Å². The van der Waals surface area contributed by atoms with Gasteiger partial charge < -0.3 is 9.32 Å². The minimum Gasteiger partial charge on any atom is -0.456 e. The SMILES string of the molecule is CN(C)CCN=c1c2ccccc2oc2ccccc12. The maximum Gasteiger partial charge on any atom is 0.136 e. The molecule has 0 bridgehead atoms. The lowest BCUT2D eigenvalue weighted by Gasteiger charge is -2.07. The van der Waals surface area contributed by atoms with Gasteiger partial charge in [-0.15, -0.1) is 0 Å². The van der Waals surface area contributed by atoms with Gasteiger partial charge in [-0.3, -0.25) is 4.99 Å². The van der Waals surface area contributed by atoms with Crippen LogP contribution in [0.3, 0.4) is 0 Å². The van der Waals surface area contributed by atoms with Gasteiger partial charge in [-0.25, -0.2) is 0 Å². The molecule has 0 aliphatic rings. The number of nitrogens with zero attached hydrogens (tertiary/aromatic N) is 2. The molecule has 3 rings (SSSR count). The summed E-state index contributed by atoms with van der Waals surface area (Å²) in [6.07, 6.45) is 0. The van der Waals surface area contributed by atoms with Gasteiger partial charge in [0.25, 0.3) is 0 Å². The monoisotopic (exact) mass is 266 g/mol. The molecule has 0 fully saturated rings. The lowest BCUT2D eigenvalue weighted by atomic mass is 10.1. The number of rotatable bonds is 3. The zero-order valence-corrected chi connectivity index (χ0v) is 11.8. The first-order chi connectivity index (χ1) is 9.75. The number of para-hydroxylation sites is 2. The number of fused-ring (bicyclic) bond motifs is 2. The van der Waals surface area contributed by atoms with Crippen LogP contribution in [0.1, 0.15) is 0 Å². The fourth-order valence-corrected chi connectivity index (χ4v) is 2.30. The Morgan fingerprint density at radius 1 is 0.900 bits per heavy atom. The van der Waals surface area contributed by atoms with E-state index in [0.29, 0.717) is 0 Å². The van der Waals surface area contributed by atoms with Gasteiger partial charge in [0.1, 0.15) is 11.2 Å². The molecule has 1 aromatic heterocycles. The van der Waals surface area contributed by atoms with Crippen LogP contribution in [0.25, 0.3) is 21.9 Å². The molecule has 0 saturated carbocycles. The maximum absolute atomic E-state index is 5.94. The average Bonchev–Trinajstić information content (AvgIpc) is 2.46. The predicted octanol–water partition coefficient (Wildman–Crippen LogP) is 3.05. The first kappa shape index (κ1) is 12.9. The van der Waals surface area contributed by atoms with E-state index in [1.807, 2.05) is 36.4 Å². The van der Waals surface area contributed by atoms with E-state index in [0.717, 1.165) is 40.4 Å². The third-order valence-electron chi connectivity index (χ3n) is 3.32. The van der Waals surface area contributed by atoms with Crippen LogP contribution in [0.2, 0.25) is 0 Å². The van der Waals surface area contributed by atoms with Gasteiger partial charge in [-0.1, -0.05) is 24.3 Å². The Bertz CT molecular complexity index is 746. The largest absolute Gasteiger partial charge is 0.456 e. The molecule has 0 aliphatic heterocycles. The van der Waals surface area contributed by atoms with Crippen molar-refractivity contribution < 1.29 is 4.42 Å². The molecule has 102 valence electrons. The Morgan fingerprint density at radius 3 is 2.00 bits per heavy atom. The number of likely N-dealkylation sites (N-methyl/N-ethyl adjacent to an activating group) is 1. The van der Waals surface area contributed by atoms with E-state index in [1.54, 1.807) is 0 Å². The average molecular weight is 266 g/mol. The molecule has 0 aliphatic carbocycles. The van der Waals surface area contributed by atoms with Crippen molar-refractivity contribution in [2.45, 2.75) is 0 Å².